The van der Waals surface area contributed by atoms with Crippen LogP contribution in [0.2, 0.25) is 0 Å². The average Bonchev–Trinajstić information content (AvgIpc) is 2.67. The van der Waals surface area contributed by atoms with Crippen LogP contribution in [0.5, 0.6) is 0 Å². The van der Waals surface area contributed by atoms with Gasteiger partial charge in [-0.25, -0.2) is 0 Å². The topological polar surface area (TPSA) is 58.1 Å². The average molecular weight is 385 g/mol. The van der Waals surface area contributed by atoms with Crippen molar-refractivity contribution < 1.29 is 9.47 Å². The van der Waals surface area contributed by atoms with E-state index in [-0.39, 0.29) is 0 Å². The van der Waals surface area contributed by atoms with Crippen molar-refractivity contribution in [3.05, 3.63) is 0 Å². The molecular weight excluding hydrogens is 340 g/mol. The molecule has 1 rings (SSSR count). The summed E-state index contributed by atoms with van der Waals surface area (Å²) in [5.41, 5.74) is 0. The lowest BCUT2D eigenvalue weighted by Gasteiger charge is -2.31. The quantitative estimate of drug-likeness (QED) is 0.290. The molecule has 0 bridgehead atoms. The lowest BCUT2D eigenvalue weighted by atomic mass is 10.0. The first-order valence-electron chi connectivity index (χ1n) is 10.9. The van der Waals surface area contributed by atoms with E-state index in [1.807, 2.05) is 7.05 Å². The summed E-state index contributed by atoms with van der Waals surface area (Å²) in [5, 5.41) is 6.92. The molecule has 0 spiro atoms. The van der Waals surface area contributed by atoms with Gasteiger partial charge in [0.25, 0.3) is 0 Å². The first kappa shape index (κ1) is 24.2. The molecule has 160 valence electrons. The van der Waals surface area contributed by atoms with Crippen LogP contribution in [-0.2, 0) is 9.47 Å². The highest BCUT2D eigenvalue weighted by Crippen LogP contribution is 2.14. The summed E-state index contributed by atoms with van der Waals surface area (Å²) in [6.45, 7) is 16.5. The smallest absolute Gasteiger partial charge is 0.191 e. The lowest BCUT2D eigenvalue weighted by molar-refractivity contribution is 0.0203. The molecule has 1 atom stereocenters. The van der Waals surface area contributed by atoms with Crippen LogP contribution in [0.1, 0.15) is 53.4 Å². The summed E-state index contributed by atoms with van der Waals surface area (Å²) in [5.74, 6) is 2.26. The number of guanidine groups is 1. The summed E-state index contributed by atoms with van der Waals surface area (Å²) in [6.07, 6.45) is 4.47. The van der Waals surface area contributed by atoms with Gasteiger partial charge in [0.2, 0.25) is 0 Å². The maximum atomic E-state index is 5.83. The fourth-order valence-electron chi connectivity index (χ4n) is 3.62. The number of aliphatic imine (C=N–C) groups is 1. The molecule has 1 heterocycles. The molecule has 6 heteroatoms. The van der Waals surface area contributed by atoms with Gasteiger partial charge in [-0.15, -0.1) is 0 Å². The molecule has 0 saturated carbocycles. The van der Waals surface area contributed by atoms with E-state index in [9.17, 15) is 0 Å². The van der Waals surface area contributed by atoms with E-state index in [4.69, 9.17) is 9.47 Å². The molecule has 1 fully saturated rings. The highest BCUT2D eigenvalue weighted by Gasteiger charge is 2.17. The number of hydrogen-bond acceptors (Lipinski definition) is 4. The van der Waals surface area contributed by atoms with Gasteiger partial charge in [0.15, 0.2) is 5.96 Å². The Labute approximate surface area is 167 Å². The molecule has 0 aromatic carbocycles. The molecule has 0 amide bonds. The Morgan fingerprint density at radius 3 is 2.48 bits per heavy atom. The van der Waals surface area contributed by atoms with Crippen LogP contribution in [0.4, 0.5) is 0 Å². The second-order valence-corrected chi connectivity index (χ2v) is 7.87. The summed E-state index contributed by atoms with van der Waals surface area (Å²) in [6, 6.07) is 0.543. The van der Waals surface area contributed by atoms with Crippen LogP contribution in [-0.4, -0.2) is 76.6 Å². The molecule has 6 nitrogen and oxygen atoms in total. The Balaban J connectivity index is 2.20. The van der Waals surface area contributed by atoms with Gasteiger partial charge < -0.3 is 20.1 Å². The van der Waals surface area contributed by atoms with Crippen LogP contribution in [0.15, 0.2) is 4.99 Å². The zero-order chi connectivity index (χ0) is 19.9. The van der Waals surface area contributed by atoms with Gasteiger partial charge in [-0.2, -0.15) is 0 Å². The number of nitrogens with one attached hydrogen (secondary N) is 2. The molecule has 0 aromatic rings. The molecule has 1 aliphatic rings. The molecule has 2 N–H and O–H groups in total. The van der Waals surface area contributed by atoms with Crippen LogP contribution < -0.4 is 10.6 Å². The molecule has 0 radical (unpaired) electrons. The van der Waals surface area contributed by atoms with Gasteiger partial charge >= 0.3 is 0 Å². The van der Waals surface area contributed by atoms with Crippen molar-refractivity contribution in [3.8, 4) is 0 Å². The molecule has 1 unspecified atom stereocenters. The predicted octanol–water partition coefficient (Wildman–Crippen LogP) is 2.74. The van der Waals surface area contributed by atoms with E-state index >= 15 is 0 Å². The molecular formula is C21H44N4O2. The summed E-state index contributed by atoms with van der Waals surface area (Å²) in [7, 11) is 1.84. The van der Waals surface area contributed by atoms with Gasteiger partial charge in [-0.05, 0) is 50.6 Å². The zero-order valence-electron chi connectivity index (χ0n) is 18.4. The van der Waals surface area contributed by atoms with Gasteiger partial charge in [-0.1, -0.05) is 27.7 Å². The molecule has 0 aliphatic carbocycles. The lowest BCUT2D eigenvalue weighted by Crippen LogP contribution is -2.47. The molecule has 0 aromatic heterocycles. The van der Waals surface area contributed by atoms with Crippen molar-refractivity contribution in [2.45, 2.75) is 59.4 Å². The fourth-order valence-corrected chi connectivity index (χ4v) is 3.62. The van der Waals surface area contributed by atoms with Crippen LogP contribution in [0, 0.1) is 11.8 Å². The largest absolute Gasteiger partial charge is 0.381 e. The van der Waals surface area contributed by atoms with Crippen molar-refractivity contribution in [3.63, 3.8) is 0 Å². The Morgan fingerprint density at radius 1 is 1.19 bits per heavy atom. The summed E-state index contributed by atoms with van der Waals surface area (Å²) < 4.78 is 11.2. The van der Waals surface area contributed by atoms with Crippen molar-refractivity contribution >= 4 is 5.96 Å². The van der Waals surface area contributed by atoms with Crippen LogP contribution in [0.25, 0.3) is 0 Å². The number of ether oxygens (including phenoxy) is 2. The van der Waals surface area contributed by atoms with E-state index in [2.05, 4.69) is 48.2 Å². The highest BCUT2D eigenvalue weighted by molar-refractivity contribution is 5.79. The van der Waals surface area contributed by atoms with Crippen molar-refractivity contribution in [1.29, 1.82) is 0 Å². The second kappa shape index (κ2) is 15.1. The van der Waals surface area contributed by atoms with E-state index in [0.29, 0.717) is 17.9 Å². The SMILES string of the molecule is CCN(CC)C(CNC(=NC)NCCCOCC1CCOCC1)CC(C)C. The third-order valence-electron chi connectivity index (χ3n) is 5.25. The van der Waals surface area contributed by atoms with E-state index < -0.39 is 0 Å². The normalized spacial score (nSPS) is 17.5. The van der Waals surface area contributed by atoms with E-state index in [1.165, 1.54) is 6.42 Å². The maximum absolute atomic E-state index is 5.83. The third-order valence-corrected chi connectivity index (χ3v) is 5.25. The van der Waals surface area contributed by atoms with Crippen molar-refractivity contribution in [2.24, 2.45) is 16.8 Å². The zero-order valence-corrected chi connectivity index (χ0v) is 18.4. The molecule has 1 aliphatic heterocycles. The standard InChI is InChI=1S/C21H44N4O2/c1-6-25(7-2)20(15-18(3)4)16-24-21(22-5)23-11-8-12-27-17-19-9-13-26-14-10-19/h18-20H,6-17H2,1-5H3,(H2,22,23,24). The van der Waals surface area contributed by atoms with Crippen molar-refractivity contribution in [1.82, 2.24) is 15.5 Å². The third kappa shape index (κ3) is 10.9. The van der Waals surface area contributed by atoms with Crippen LogP contribution in [0.3, 0.4) is 0 Å². The van der Waals surface area contributed by atoms with Gasteiger partial charge in [0.1, 0.15) is 0 Å². The number of hydrogen-bond donors (Lipinski definition) is 2. The molecule has 27 heavy (non-hydrogen) atoms. The number of nitrogens with zero attached hydrogens (tertiary/aromatic N) is 2. The van der Waals surface area contributed by atoms with Crippen LogP contribution >= 0.6 is 0 Å². The van der Waals surface area contributed by atoms with Gasteiger partial charge in [-0.3, -0.25) is 9.89 Å². The summed E-state index contributed by atoms with van der Waals surface area (Å²) >= 11 is 0. The summed E-state index contributed by atoms with van der Waals surface area (Å²) in [4.78, 5) is 6.89. The number of likely N-dealkylation sites (N-methyl/N-ethyl adjacent to an activating group) is 1. The minimum atomic E-state index is 0.543. The highest BCUT2D eigenvalue weighted by atomic mass is 16.5. The number of rotatable bonds is 13. The minimum absolute atomic E-state index is 0.543. The van der Waals surface area contributed by atoms with Gasteiger partial charge in [0.05, 0.1) is 0 Å². The fraction of sp³-hybridized carbons (Fsp3) is 0.952. The van der Waals surface area contributed by atoms with E-state index in [1.54, 1.807) is 0 Å². The van der Waals surface area contributed by atoms with Gasteiger partial charge in [0, 0.05) is 52.6 Å². The predicted molar refractivity (Wildman–Crippen MR) is 115 cm³/mol. The second-order valence-electron chi connectivity index (χ2n) is 7.87. The first-order valence-corrected chi connectivity index (χ1v) is 10.9. The Hall–Kier alpha value is -0.850. The minimum Gasteiger partial charge on any atom is -0.381 e. The Bertz CT molecular complexity index is 380. The Kier molecular flexibility index (Phi) is 13.5. The molecule has 1 saturated heterocycles. The van der Waals surface area contributed by atoms with Crippen molar-refractivity contribution in [2.75, 3.05) is 59.7 Å². The Morgan fingerprint density at radius 2 is 1.89 bits per heavy atom. The first-order chi connectivity index (χ1) is 13.1. The maximum Gasteiger partial charge on any atom is 0.191 e. The van der Waals surface area contributed by atoms with E-state index in [0.717, 1.165) is 77.8 Å². The monoisotopic (exact) mass is 384 g/mol.